The van der Waals surface area contributed by atoms with Gasteiger partial charge in [-0.2, -0.15) is 0 Å². The summed E-state index contributed by atoms with van der Waals surface area (Å²) in [7, 11) is 1.60. The molecule has 0 bridgehead atoms. The molecule has 0 unspecified atom stereocenters. The molecule has 2 heterocycles. The predicted molar refractivity (Wildman–Crippen MR) is 96.1 cm³/mol. The number of anilines is 1. The van der Waals surface area contributed by atoms with E-state index in [2.05, 4.69) is 20.9 Å². The topological polar surface area (TPSA) is 88.0 Å². The first-order valence-electron chi connectivity index (χ1n) is 7.90. The smallest absolute Gasteiger partial charge is 0.319 e. The van der Waals surface area contributed by atoms with Crippen LogP contribution in [0.2, 0.25) is 0 Å². The SMILES string of the molecule is CNC(=O)Cn1ccc2ccc(NC(=O)NCc3ccccn3)cc21. The van der Waals surface area contributed by atoms with Crippen LogP contribution in [-0.4, -0.2) is 28.5 Å². The first-order valence-corrected chi connectivity index (χ1v) is 7.90. The van der Waals surface area contributed by atoms with E-state index in [0.717, 1.165) is 16.6 Å². The van der Waals surface area contributed by atoms with Crippen molar-refractivity contribution in [3.8, 4) is 0 Å². The predicted octanol–water partition coefficient (Wildman–Crippen LogP) is 2.10. The summed E-state index contributed by atoms with van der Waals surface area (Å²) in [4.78, 5) is 27.8. The molecule has 0 aliphatic carbocycles. The Labute approximate surface area is 145 Å². The molecule has 3 amide bonds. The zero-order chi connectivity index (χ0) is 17.6. The number of carbonyl (C=O) groups is 2. The van der Waals surface area contributed by atoms with Crippen LogP contribution in [0.15, 0.2) is 54.9 Å². The van der Waals surface area contributed by atoms with Gasteiger partial charge in [-0.25, -0.2) is 4.79 Å². The van der Waals surface area contributed by atoms with Gasteiger partial charge in [-0.05, 0) is 35.7 Å². The summed E-state index contributed by atoms with van der Waals surface area (Å²) in [5.74, 6) is -0.0797. The maximum absolute atomic E-state index is 12.0. The second-order valence-electron chi connectivity index (χ2n) is 5.52. The van der Waals surface area contributed by atoms with Gasteiger partial charge in [0.25, 0.3) is 0 Å². The van der Waals surface area contributed by atoms with Gasteiger partial charge < -0.3 is 20.5 Å². The maximum Gasteiger partial charge on any atom is 0.319 e. The molecule has 0 saturated carbocycles. The fraction of sp³-hybridized carbons (Fsp3) is 0.167. The average Bonchev–Trinajstić information content (AvgIpc) is 3.03. The van der Waals surface area contributed by atoms with Gasteiger partial charge in [-0.15, -0.1) is 0 Å². The Balaban J connectivity index is 1.67. The first kappa shape index (κ1) is 16.5. The van der Waals surface area contributed by atoms with Crippen LogP contribution in [0.4, 0.5) is 10.5 Å². The standard InChI is InChI=1S/C18H19N5O2/c1-19-17(24)12-23-9-7-13-5-6-14(10-16(13)23)22-18(25)21-11-15-4-2-3-8-20-15/h2-10H,11-12H2,1H3,(H,19,24)(H2,21,22,25). The molecule has 7 nitrogen and oxygen atoms in total. The molecule has 0 saturated heterocycles. The number of benzene rings is 1. The van der Waals surface area contributed by atoms with Crippen molar-refractivity contribution in [1.82, 2.24) is 20.2 Å². The van der Waals surface area contributed by atoms with Gasteiger partial charge in [0.1, 0.15) is 6.54 Å². The van der Waals surface area contributed by atoms with E-state index in [0.29, 0.717) is 12.2 Å². The lowest BCUT2D eigenvalue weighted by molar-refractivity contribution is -0.121. The van der Waals surface area contributed by atoms with Crippen molar-refractivity contribution in [2.75, 3.05) is 12.4 Å². The highest BCUT2D eigenvalue weighted by Crippen LogP contribution is 2.20. The van der Waals surface area contributed by atoms with Gasteiger partial charge in [0.2, 0.25) is 5.91 Å². The third-order valence-corrected chi connectivity index (χ3v) is 3.78. The average molecular weight is 337 g/mol. The number of urea groups is 1. The molecule has 0 atom stereocenters. The summed E-state index contributed by atoms with van der Waals surface area (Å²) >= 11 is 0. The van der Waals surface area contributed by atoms with Gasteiger partial charge in [0.15, 0.2) is 0 Å². The third kappa shape index (κ3) is 4.14. The highest BCUT2D eigenvalue weighted by Gasteiger charge is 2.07. The van der Waals surface area contributed by atoms with E-state index in [9.17, 15) is 9.59 Å². The van der Waals surface area contributed by atoms with Gasteiger partial charge in [0.05, 0.1) is 17.8 Å². The van der Waals surface area contributed by atoms with E-state index in [1.807, 2.05) is 53.2 Å². The van der Waals surface area contributed by atoms with Crippen LogP contribution in [0.25, 0.3) is 10.9 Å². The lowest BCUT2D eigenvalue weighted by Gasteiger charge is -2.09. The quantitative estimate of drug-likeness (QED) is 0.666. The maximum atomic E-state index is 12.0. The second-order valence-corrected chi connectivity index (χ2v) is 5.52. The Morgan fingerprint density at radius 2 is 2.04 bits per heavy atom. The van der Waals surface area contributed by atoms with Crippen LogP contribution in [0, 0.1) is 0 Å². The summed E-state index contributed by atoms with van der Waals surface area (Å²) in [5.41, 5.74) is 2.32. The minimum Gasteiger partial charge on any atom is -0.358 e. The minimum atomic E-state index is -0.311. The number of fused-ring (bicyclic) bond motifs is 1. The number of aromatic nitrogens is 2. The Morgan fingerprint density at radius 3 is 2.80 bits per heavy atom. The van der Waals surface area contributed by atoms with Crippen LogP contribution < -0.4 is 16.0 Å². The Morgan fingerprint density at radius 1 is 1.16 bits per heavy atom. The van der Waals surface area contributed by atoms with Crippen LogP contribution in [0.3, 0.4) is 0 Å². The molecule has 0 spiro atoms. The summed E-state index contributed by atoms with van der Waals surface area (Å²) in [6, 6.07) is 12.7. The molecule has 0 aliphatic heterocycles. The van der Waals surface area contributed by atoms with Crippen LogP contribution in [-0.2, 0) is 17.9 Å². The normalized spacial score (nSPS) is 10.4. The molecule has 25 heavy (non-hydrogen) atoms. The molecular weight excluding hydrogens is 318 g/mol. The lowest BCUT2D eigenvalue weighted by atomic mass is 10.2. The Bertz CT molecular complexity index is 889. The molecule has 1 aromatic carbocycles. The van der Waals surface area contributed by atoms with Crippen molar-refractivity contribution in [2.45, 2.75) is 13.1 Å². The van der Waals surface area contributed by atoms with Crippen molar-refractivity contribution >= 4 is 28.5 Å². The van der Waals surface area contributed by atoms with Crippen LogP contribution in [0.1, 0.15) is 5.69 Å². The summed E-state index contributed by atoms with van der Waals surface area (Å²) in [6.45, 7) is 0.581. The Hall–Kier alpha value is -3.35. The summed E-state index contributed by atoms with van der Waals surface area (Å²) < 4.78 is 1.84. The van der Waals surface area contributed by atoms with Crippen LogP contribution in [0.5, 0.6) is 0 Å². The highest BCUT2D eigenvalue weighted by atomic mass is 16.2. The first-order chi connectivity index (χ1) is 12.2. The molecule has 0 aliphatic rings. The number of nitrogens with one attached hydrogen (secondary N) is 3. The number of nitrogens with zero attached hydrogens (tertiary/aromatic N) is 2. The molecule has 2 aromatic heterocycles. The van der Waals surface area contributed by atoms with E-state index < -0.39 is 0 Å². The van der Waals surface area contributed by atoms with Crippen molar-refractivity contribution in [3.63, 3.8) is 0 Å². The monoisotopic (exact) mass is 337 g/mol. The third-order valence-electron chi connectivity index (χ3n) is 3.78. The molecule has 3 N–H and O–H groups in total. The number of carbonyl (C=O) groups excluding carboxylic acids is 2. The van der Waals surface area contributed by atoms with Crippen molar-refractivity contribution in [3.05, 3.63) is 60.6 Å². The molecule has 0 radical (unpaired) electrons. The van der Waals surface area contributed by atoms with Gasteiger partial charge >= 0.3 is 6.03 Å². The molecular formula is C18H19N5O2. The fourth-order valence-corrected chi connectivity index (χ4v) is 2.48. The van der Waals surface area contributed by atoms with Gasteiger partial charge in [-0.1, -0.05) is 12.1 Å². The van der Waals surface area contributed by atoms with E-state index in [1.165, 1.54) is 0 Å². The molecule has 3 rings (SSSR count). The van der Waals surface area contributed by atoms with E-state index in [-0.39, 0.29) is 18.5 Å². The fourth-order valence-electron chi connectivity index (χ4n) is 2.48. The van der Waals surface area contributed by atoms with Crippen molar-refractivity contribution < 1.29 is 9.59 Å². The Kier molecular flexibility index (Phi) is 4.94. The zero-order valence-corrected chi connectivity index (χ0v) is 13.8. The molecule has 128 valence electrons. The van der Waals surface area contributed by atoms with E-state index in [1.54, 1.807) is 13.2 Å². The van der Waals surface area contributed by atoms with E-state index >= 15 is 0 Å². The summed E-state index contributed by atoms with van der Waals surface area (Å²) in [6.07, 6.45) is 3.54. The minimum absolute atomic E-state index is 0.0797. The number of rotatable bonds is 5. The van der Waals surface area contributed by atoms with Gasteiger partial charge in [0, 0.05) is 25.1 Å². The van der Waals surface area contributed by atoms with Crippen molar-refractivity contribution in [2.24, 2.45) is 0 Å². The largest absolute Gasteiger partial charge is 0.358 e. The van der Waals surface area contributed by atoms with Gasteiger partial charge in [-0.3, -0.25) is 9.78 Å². The number of hydrogen-bond acceptors (Lipinski definition) is 3. The molecule has 7 heteroatoms. The number of amides is 3. The van der Waals surface area contributed by atoms with Crippen LogP contribution >= 0.6 is 0 Å². The summed E-state index contributed by atoms with van der Waals surface area (Å²) in [5, 5.41) is 9.16. The zero-order valence-electron chi connectivity index (χ0n) is 13.8. The molecule has 3 aromatic rings. The highest BCUT2D eigenvalue weighted by molar-refractivity contribution is 5.93. The number of hydrogen-bond donors (Lipinski definition) is 3. The lowest BCUT2D eigenvalue weighted by Crippen LogP contribution is -2.28. The van der Waals surface area contributed by atoms with Crippen molar-refractivity contribution in [1.29, 1.82) is 0 Å². The molecule has 0 fully saturated rings. The number of likely N-dealkylation sites (N-methyl/N-ethyl adjacent to an activating group) is 1. The number of pyridine rings is 1. The second kappa shape index (κ2) is 7.48. The van der Waals surface area contributed by atoms with E-state index in [4.69, 9.17) is 0 Å².